The summed E-state index contributed by atoms with van der Waals surface area (Å²) < 4.78 is 8.78. The van der Waals surface area contributed by atoms with Crippen molar-refractivity contribution in [3.63, 3.8) is 0 Å². The number of aryl methyl sites for hydroxylation is 2. The third-order valence-corrected chi connectivity index (χ3v) is 5.61. The lowest BCUT2D eigenvalue weighted by Crippen LogP contribution is -2.28. The fraction of sp³-hybridized carbons (Fsp3) is 0.500. The zero-order valence-corrected chi connectivity index (χ0v) is 16.9. The van der Waals surface area contributed by atoms with Crippen molar-refractivity contribution in [1.82, 2.24) is 19.5 Å². The van der Waals surface area contributed by atoms with Crippen LogP contribution in [0.25, 0.3) is 16.6 Å². The molecule has 3 aromatic rings. The van der Waals surface area contributed by atoms with E-state index >= 15 is 0 Å². The number of carbonyl (C=O) groups excluding carboxylic acids is 1. The van der Waals surface area contributed by atoms with Gasteiger partial charge >= 0.3 is 0 Å². The smallest absolute Gasteiger partial charge is 0.291 e. The van der Waals surface area contributed by atoms with Crippen LogP contribution < -0.4 is 10.9 Å². The van der Waals surface area contributed by atoms with Crippen molar-refractivity contribution < 1.29 is 9.21 Å². The van der Waals surface area contributed by atoms with Crippen molar-refractivity contribution in [2.45, 2.75) is 64.8 Å². The maximum Gasteiger partial charge on any atom is 0.291 e. The molecule has 0 saturated carbocycles. The van der Waals surface area contributed by atoms with Crippen LogP contribution in [0.3, 0.4) is 0 Å². The minimum absolute atomic E-state index is 0.0338. The number of amides is 1. The number of nitrogens with zero attached hydrogens (tertiary/aromatic N) is 3. The highest BCUT2D eigenvalue weighted by Gasteiger charge is 2.15. The lowest BCUT2D eigenvalue weighted by atomic mass is 9.97. The number of hydrogen-bond donors (Lipinski definition) is 1. The molecule has 3 heterocycles. The van der Waals surface area contributed by atoms with Gasteiger partial charge in [0.05, 0.1) is 11.8 Å². The van der Waals surface area contributed by atoms with E-state index in [9.17, 15) is 9.59 Å². The summed E-state index contributed by atoms with van der Waals surface area (Å²) in [6.45, 7) is 3.13. The maximum absolute atomic E-state index is 12.8. The van der Waals surface area contributed by atoms with Crippen LogP contribution >= 0.6 is 0 Å². The van der Waals surface area contributed by atoms with E-state index in [-0.39, 0.29) is 11.5 Å². The Labute approximate surface area is 169 Å². The first-order chi connectivity index (χ1) is 14.2. The molecule has 1 amide bonds. The average molecular weight is 396 g/mol. The second kappa shape index (κ2) is 8.68. The molecule has 0 bridgehead atoms. The Morgan fingerprint density at radius 1 is 1.31 bits per heavy atom. The summed E-state index contributed by atoms with van der Waals surface area (Å²) in [5.41, 5.74) is 3.42. The molecule has 1 N–H and O–H groups in total. The molecule has 4 rings (SSSR count). The molecule has 0 spiro atoms. The van der Waals surface area contributed by atoms with Crippen LogP contribution in [-0.2, 0) is 17.8 Å². The Kier molecular flexibility index (Phi) is 5.83. The lowest BCUT2D eigenvalue weighted by molar-refractivity contribution is -0.121. The zero-order valence-electron chi connectivity index (χ0n) is 16.9. The van der Waals surface area contributed by atoms with Gasteiger partial charge in [-0.3, -0.25) is 14.0 Å². The molecule has 7 heteroatoms. The Morgan fingerprint density at radius 3 is 3.00 bits per heavy atom. The van der Waals surface area contributed by atoms with E-state index in [4.69, 9.17) is 4.42 Å². The fourth-order valence-electron chi connectivity index (χ4n) is 4.07. The molecule has 0 unspecified atom stereocenters. The summed E-state index contributed by atoms with van der Waals surface area (Å²) in [5.74, 6) is 0.840. The lowest BCUT2D eigenvalue weighted by Gasteiger charge is -2.13. The van der Waals surface area contributed by atoms with Gasteiger partial charge in [0, 0.05) is 38.1 Å². The molecule has 0 saturated heterocycles. The number of allylic oxidation sites excluding steroid dienone is 1. The third-order valence-electron chi connectivity index (χ3n) is 5.61. The molecule has 1 aliphatic carbocycles. The van der Waals surface area contributed by atoms with Gasteiger partial charge in [-0.15, -0.1) is 0 Å². The molecular formula is C22H28N4O3. The second-order valence-corrected chi connectivity index (χ2v) is 7.64. The fourth-order valence-corrected chi connectivity index (χ4v) is 4.07. The monoisotopic (exact) mass is 396 g/mol. The number of carbonyl (C=O) groups is 1. The van der Waals surface area contributed by atoms with Crippen LogP contribution in [-0.4, -0.2) is 26.6 Å². The Morgan fingerprint density at radius 2 is 2.21 bits per heavy atom. The van der Waals surface area contributed by atoms with Gasteiger partial charge in [-0.2, -0.15) is 5.10 Å². The van der Waals surface area contributed by atoms with E-state index in [0.717, 1.165) is 24.2 Å². The molecule has 0 radical (unpaired) electrons. The molecule has 0 atom stereocenters. The summed E-state index contributed by atoms with van der Waals surface area (Å²) in [4.78, 5) is 24.9. The molecular weight excluding hydrogens is 368 g/mol. The van der Waals surface area contributed by atoms with Crippen LogP contribution in [0.15, 0.2) is 39.3 Å². The molecule has 154 valence electrons. The van der Waals surface area contributed by atoms with Crippen LogP contribution in [0, 0.1) is 0 Å². The quantitative estimate of drug-likeness (QED) is 0.590. The van der Waals surface area contributed by atoms with E-state index in [2.05, 4.69) is 16.5 Å². The van der Waals surface area contributed by atoms with E-state index < -0.39 is 0 Å². The largest absolute Gasteiger partial charge is 0.463 e. The van der Waals surface area contributed by atoms with Crippen LogP contribution in [0.1, 0.15) is 57.7 Å². The van der Waals surface area contributed by atoms with Crippen LogP contribution in [0.4, 0.5) is 0 Å². The number of furan rings is 1. The first-order valence-corrected chi connectivity index (χ1v) is 10.6. The Balaban J connectivity index is 1.35. The number of fused-ring (bicyclic) bond motifs is 3. The van der Waals surface area contributed by atoms with E-state index in [1.807, 2.05) is 17.4 Å². The Bertz CT molecular complexity index is 1100. The Hall–Kier alpha value is -2.83. The highest BCUT2D eigenvalue weighted by molar-refractivity contribution is 5.82. The first kappa shape index (κ1) is 19.5. The minimum atomic E-state index is -0.154. The van der Waals surface area contributed by atoms with Gasteiger partial charge in [0.1, 0.15) is 11.3 Å². The SMILES string of the molecule is CCc1nn(CCCC(=O)NCCC2=CCCCC2)c(=O)c2cc3occc3n12. The van der Waals surface area contributed by atoms with Crippen molar-refractivity contribution in [3.8, 4) is 0 Å². The van der Waals surface area contributed by atoms with Gasteiger partial charge in [0.15, 0.2) is 5.58 Å². The molecule has 0 aromatic carbocycles. The zero-order chi connectivity index (χ0) is 20.2. The number of aromatic nitrogens is 3. The molecule has 0 aliphatic heterocycles. The van der Waals surface area contributed by atoms with Gasteiger partial charge in [-0.05, 0) is 38.5 Å². The van der Waals surface area contributed by atoms with Crippen molar-refractivity contribution in [2.24, 2.45) is 0 Å². The number of rotatable bonds is 8. The standard InChI is InChI=1S/C22H28N4O3/c1-2-20-24-25(22(28)18-15-19-17(26(18)20)11-14-29-19)13-6-9-21(27)23-12-10-16-7-4-3-5-8-16/h7,11,14-15H,2-6,8-10,12-13H2,1H3,(H,23,27). The van der Waals surface area contributed by atoms with E-state index in [0.29, 0.717) is 43.5 Å². The minimum Gasteiger partial charge on any atom is -0.463 e. The molecule has 1 aliphatic rings. The molecule has 29 heavy (non-hydrogen) atoms. The van der Waals surface area contributed by atoms with Gasteiger partial charge in [0.2, 0.25) is 5.91 Å². The van der Waals surface area contributed by atoms with Gasteiger partial charge < -0.3 is 9.73 Å². The normalized spacial score (nSPS) is 14.4. The highest BCUT2D eigenvalue weighted by atomic mass is 16.3. The summed E-state index contributed by atoms with van der Waals surface area (Å²) in [6, 6.07) is 3.61. The maximum atomic E-state index is 12.8. The predicted molar refractivity (Wildman–Crippen MR) is 112 cm³/mol. The van der Waals surface area contributed by atoms with Crippen LogP contribution in [0.2, 0.25) is 0 Å². The molecule has 7 nitrogen and oxygen atoms in total. The molecule has 0 fully saturated rings. The summed E-state index contributed by atoms with van der Waals surface area (Å²) in [6.07, 6.45) is 11.4. The average Bonchev–Trinajstić information content (AvgIpc) is 3.32. The first-order valence-electron chi connectivity index (χ1n) is 10.6. The van der Waals surface area contributed by atoms with Gasteiger partial charge in [0.25, 0.3) is 5.56 Å². The van der Waals surface area contributed by atoms with E-state index in [1.54, 1.807) is 12.3 Å². The van der Waals surface area contributed by atoms with Crippen molar-refractivity contribution in [3.05, 3.63) is 46.2 Å². The second-order valence-electron chi connectivity index (χ2n) is 7.64. The number of nitrogens with one attached hydrogen (secondary N) is 1. The summed E-state index contributed by atoms with van der Waals surface area (Å²) >= 11 is 0. The highest BCUT2D eigenvalue weighted by Crippen LogP contribution is 2.21. The summed E-state index contributed by atoms with van der Waals surface area (Å²) in [5, 5.41) is 7.52. The van der Waals surface area contributed by atoms with Crippen molar-refractivity contribution in [1.29, 1.82) is 0 Å². The third kappa shape index (κ3) is 4.13. The van der Waals surface area contributed by atoms with E-state index in [1.165, 1.54) is 29.5 Å². The van der Waals surface area contributed by atoms with Crippen molar-refractivity contribution in [2.75, 3.05) is 6.54 Å². The number of hydrogen-bond acceptors (Lipinski definition) is 4. The van der Waals surface area contributed by atoms with Gasteiger partial charge in [-0.25, -0.2) is 4.68 Å². The summed E-state index contributed by atoms with van der Waals surface area (Å²) in [7, 11) is 0. The topological polar surface area (TPSA) is 81.5 Å². The van der Waals surface area contributed by atoms with Gasteiger partial charge in [-0.1, -0.05) is 18.6 Å². The predicted octanol–water partition coefficient (Wildman–Crippen LogP) is 3.59. The molecule has 3 aromatic heterocycles. The van der Waals surface area contributed by atoms with Crippen LogP contribution in [0.5, 0.6) is 0 Å². The van der Waals surface area contributed by atoms with Crippen molar-refractivity contribution >= 4 is 22.5 Å².